The monoisotopic (exact) mass is 384 g/mol. The number of hydrogen-bond acceptors (Lipinski definition) is 4. The predicted molar refractivity (Wildman–Crippen MR) is 94.1 cm³/mol. The standard InChI is InChI=1S/C19H11F3N4O2/c20-19(21,22)13-6-12(8-24-9-13)11-3-4-16-15(7-11)17(18(27)28)25-26(16)14-2-1-5-23-10-14/h1-10H,(H,27,28). The molecule has 0 radical (unpaired) electrons. The highest BCUT2D eigenvalue weighted by Crippen LogP contribution is 2.33. The van der Waals surface area contributed by atoms with Gasteiger partial charge in [0.1, 0.15) is 0 Å². The van der Waals surface area contributed by atoms with Crippen molar-refractivity contribution in [3.05, 3.63) is 72.4 Å². The van der Waals surface area contributed by atoms with Crippen molar-refractivity contribution < 1.29 is 23.1 Å². The van der Waals surface area contributed by atoms with E-state index in [2.05, 4.69) is 15.1 Å². The molecule has 0 aliphatic rings. The second-order valence-electron chi connectivity index (χ2n) is 5.97. The number of alkyl halides is 3. The van der Waals surface area contributed by atoms with Crippen molar-refractivity contribution in [2.75, 3.05) is 0 Å². The Balaban J connectivity index is 1.90. The van der Waals surface area contributed by atoms with Crippen molar-refractivity contribution in [2.24, 2.45) is 0 Å². The molecule has 0 aliphatic carbocycles. The Bertz CT molecular complexity index is 1190. The fourth-order valence-corrected chi connectivity index (χ4v) is 2.88. The number of fused-ring (bicyclic) bond motifs is 1. The molecule has 1 N–H and O–H groups in total. The van der Waals surface area contributed by atoms with Crippen LogP contribution in [-0.2, 0) is 6.18 Å². The van der Waals surface area contributed by atoms with E-state index < -0.39 is 17.7 Å². The largest absolute Gasteiger partial charge is 0.476 e. The van der Waals surface area contributed by atoms with Crippen LogP contribution in [0, 0.1) is 0 Å². The maximum absolute atomic E-state index is 13.0. The molecule has 28 heavy (non-hydrogen) atoms. The first-order valence-corrected chi connectivity index (χ1v) is 8.04. The van der Waals surface area contributed by atoms with Gasteiger partial charge in [0.2, 0.25) is 0 Å². The molecule has 0 spiro atoms. The first-order valence-electron chi connectivity index (χ1n) is 8.04. The van der Waals surface area contributed by atoms with E-state index in [1.54, 1.807) is 30.5 Å². The molecule has 6 nitrogen and oxygen atoms in total. The molecule has 0 aliphatic heterocycles. The van der Waals surface area contributed by atoms with Crippen molar-refractivity contribution in [1.29, 1.82) is 0 Å². The van der Waals surface area contributed by atoms with Gasteiger partial charge in [-0.1, -0.05) is 6.07 Å². The van der Waals surface area contributed by atoms with Crippen LogP contribution < -0.4 is 0 Å². The van der Waals surface area contributed by atoms with Crippen LogP contribution in [0.4, 0.5) is 13.2 Å². The van der Waals surface area contributed by atoms with E-state index in [-0.39, 0.29) is 11.3 Å². The third-order valence-corrected chi connectivity index (χ3v) is 4.17. The number of hydrogen-bond donors (Lipinski definition) is 1. The van der Waals surface area contributed by atoms with Gasteiger partial charge in [-0.15, -0.1) is 0 Å². The fraction of sp³-hybridized carbons (Fsp3) is 0.0526. The first kappa shape index (κ1) is 17.7. The van der Waals surface area contributed by atoms with E-state index >= 15 is 0 Å². The average molecular weight is 384 g/mol. The van der Waals surface area contributed by atoms with Crippen molar-refractivity contribution >= 4 is 16.9 Å². The molecule has 4 aromatic rings. The lowest BCUT2D eigenvalue weighted by atomic mass is 10.0. The molecule has 3 aromatic heterocycles. The molecule has 0 saturated heterocycles. The summed E-state index contributed by atoms with van der Waals surface area (Å²) in [5, 5.41) is 13.9. The molecule has 3 heterocycles. The number of carbonyl (C=O) groups is 1. The van der Waals surface area contributed by atoms with Crippen molar-refractivity contribution in [3.63, 3.8) is 0 Å². The summed E-state index contributed by atoms with van der Waals surface area (Å²) in [6.07, 6.45) is 0.618. The molecule has 140 valence electrons. The normalized spacial score (nSPS) is 11.7. The molecule has 9 heteroatoms. The average Bonchev–Trinajstić information content (AvgIpc) is 3.07. The number of pyridine rings is 2. The van der Waals surface area contributed by atoms with Gasteiger partial charge in [-0.2, -0.15) is 18.3 Å². The number of benzene rings is 1. The van der Waals surface area contributed by atoms with E-state index in [1.807, 2.05) is 0 Å². The third-order valence-electron chi connectivity index (χ3n) is 4.17. The SMILES string of the molecule is O=C(O)c1nn(-c2cccnc2)c2ccc(-c3cncc(C(F)(F)F)c3)cc12. The second kappa shape index (κ2) is 6.45. The van der Waals surface area contributed by atoms with Crippen LogP contribution in [-0.4, -0.2) is 30.8 Å². The zero-order chi connectivity index (χ0) is 19.9. The van der Waals surface area contributed by atoms with Gasteiger partial charge in [-0.05, 0) is 35.9 Å². The van der Waals surface area contributed by atoms with Gasteiger partial charge >= 0.3 is 12.1 Å². The second-order valence-corrected chi connectivity index (χ2v) is 5.97. The van der Waals surface area contributed by atoms with Crippen LogP contribution in [0.5, 0.6) is 0 Å². The Labute approximate surface area is 155 Å². The zero-order valence-corrected chi connectivity index (χ0v) is 14.1. The highest BCUT2D eigenvalue weighted by Gasteiger charge is 2.31. The van der Waals surface area contributed by atoms with Gasteiger partial charge in [-0.25, -0.2) is 9.48 Å². The first-order chi connectivity index (χ1) is 13.3. The molecule has 0 bridgehead atoms. The third kappa shape index (κ3) is 3.07. The molecule has 0 fully saturated rings. The number of halogens is 3. The van der Waals surface area contributed by atoms with E-state index in [9.17, 15) is 23.1 Å². The van der Waals surface area contributed by atoms with Gasteiger partial charge in [-0.3, -0.25) is 9.97 Å². The Morgan fingerprint density at radius 3 is 2.50 bits per heavy atom. The zero-order valence-electron chi connectivity index (χ0n) is 14.1. The van der Waals surface area contributed by atoms with E-state index in [4.69, 9.17) is 0 Å². The summed E-state index contributed by atoms with van der Waals surface area (Å²) in [6, 6.07) is 9.08. The van der Waals surface area contributed by atoms with Gasteiger partial charge in [0.25, 0.3) is 0 Å². The number of carboxylic acid groups (broad SMARTS) is 1. The molecule has 0 saturated carbocycles. The van der Waals surface area contributed by atoms with Crippen molar-refractivity contribution in [2.45, 2.75) is 6.18 Å². The summed E-state index contributed by atoms with van der Waals surface area (Å²) in [4.78, 5) is 19.3. The van der Waals surface area contributed by atoms with E-state index in [0.29, 0.717) is 22.2 Å². The Morgan fingerprint density at radius 1 is 1.00 bits per heavy atom. The number of rotatable bonds is 3. The van der Waals surface area contributed by atoms with Gasteiger partial charge < -0.3 is 5.11 Å². The number of carboxylic acids is 1. The van der Waals surface area contributed by atoms with Crippen LogP contribution in [0.25, 0.3) is 27.7 Å². The summed E-state index contributed by atoms with van der Waals surface area (Å²) in [5.41, 5.74) is 0.597. The maximum Gasteiger partial charge on any atom is 0.417 e. The van der Waals surface area contributed by atoms with Crippen LogP contribution in [0.15, 0.2) is 61.2 Å². The summed E-state index contributed by atoms with van der Waals surface area (Å²) < 4.78 is 40.3. The van der Waals surface area contributed by atoms with Crippen LogP contribution >= 0.6 is 0 Å². The molecule has 0 amide bonds. The minimum absolute atomic E-state index is 0.208. The topological polar surface area (TPSA) is 80.9 Å². The van der Waals surface area contributed by atoms with Gasteiger partial charge in [0, 0.05) is 29.5 Å². The molecule has 1 aromatic carbocycles. The lowest BCUT2D eigenvalue weighted by Gasteiger charge is -2.08. The summed E-state index contributed by atoms with van der Waals surface area (Å²) in [7, 11) is 0. The molecule has 0 unspecified atom stereocenters. The van der Waals surface area contributed by atoms with Crippen LogP contribution in [0.1, 0.15) is 16.1 Å². The maximum atomic E-state index is 13.0. The minimum atomic E-state index is -4.52. The number of aromatic carboxylic acids is 1. The van der Waals surface area contributed by atoms with Crippen LogP contribution in [0.2, 0.25) is 0 Å². The van der Waals surface area contributed by atoms with E-state index in [0.717, 1.165) is 12.3 Å². The molecule has 4 rings (SSSR count). The van der Waals surface area contributed by atoms with Crippen molar-refractivity contribution in [3.8, 4) is 16.8 Å². The minimum Gasteiger partial charge on any atom is -0.476 e. The summed E-state index contributed by atoms with van der Waals surface area (Å²) in [5.74, 6) is -1.24. The van der Waals surface area contributed by atoms with Gasteiger partial charge in [0.05, 0.1) is 23.0 Å². The summed E-state index contributed by atoms with van der Waals surface area (Å²) in [6.45, 7) is 0. The Morgan fingerprint density at radius 2 is 1.82 bits per heavy atom. The Kier molecular flexibility index (Phi) is 4.07. The van der Waals surface area contributed by atoms with E-state index in [1.165, 1.54) is 23.1 Å². The van der Waals surface area contributed by atoms with Crippen LogP contribution in [0.3, 0.4) is 0 Å². The fourth-order valence-electron chi connectivity index (χ4n) is 2.88. The molecule has 0 atom stereocenters. The molecular weight excluding hydrogens is 373 g/mol. The quantitative estimate of drug-likeness (QED) is 0.573. The summed E-state index contributed by atoms with van der Waals surface area (Å²) >= 11 is 0. The van der Waals surface area contributed by atoms with Gasteiger partial charge in [0.15, 0.2) is 5.69 Å². The number of aromatic nitrogens is 4. The smallest absolute Gasteiger partial charge is 0.417 e. The Hall–Kier alpha value is -3.75. The number of nitrogens with zero attached hydrogens (tertiary/aromatic N) is 4. The highest BCUT2D eigenvalue weighted by molar-refractivity contribution is 6.03. The molecular formula is C19H11F3N4O2. The highest BCUT2D eigenvalue weighted by atomic mass is 19.4. The van der Waals surface area contributed by atoms with Crippen molar-refractivity contribution in [1.82, 2.24) is 19.7 Å². The predicted octanol–water partition coefficient (Wildman–Crippen LogP) is 4.20. The lowest BCUT2D eigenvalue weighted by Crippen LogP contribution is -2.05. The lowest BCUT2D eigenvalue weighted by molar-refractivity contribution is -0.137.